The van der Waals surface area contributed by atoms with Crippen LogP contribution in [0.3, 0.4) is 0 Å². The SMILES string of the molecule is CC(C)Cc1ccc(CCC(=O)N2CC3CCC(N)C3C2)cc1. The predicted octanol–water partition coefficient (Wildman–Crippen LogP) is 3.01. The molecule has 1 amide bonds. The highest BCUT2D eigenvalue weighted by molar-refractivity contribution is 5.76. The van der Waals surface area contributed by atoms with Gasteiger partial charge in [0.05, 0.1) is 0 Å². The summed E-state index contributed by atoms with van der Waals surface area (Å²) in [6, 6.07) is 9.09. The summed E-state index contributed by atoms with van der Waals surface area (Å²) in [5, 5.41) is 0. The van der Waals surface area contributed by atoms with E-state index in [2.05, 4.69) is 43.0 Å². The summed E-state index contributed by atoms with van der Waals surface area (Å²) in [5.74, 6) is 2.19. The summed E-state index contributed by atoms with van der Waals surface area (Å²) in [5.41, 5.74) is 8.81. The molecule has 3 rings (SSSR count). The molecule has 1 heterocycles. The lowest BCUT2D eigenvalue weighted by Crippen LogP contribution is -2.33. The van der Waals surface area contributed by atoms with E-state index in [0.29, 0.717) is 36.1 Å². The fourth-order valence-electron chi connectivity index (χ4n) is 4.23. The molecule has 1 aromatic carbocycles. The number of rotatable bonds is 5. The molecule has 0 bridgehead atoms. The van der Waals surface area contributed by atoms with E-state index in [1.54, 1.807) is 0 Å². The van der Waals surface area contributed by atoms with Crippen LogP contribution in [0, 0.1) is 17.8 Å². The lowest BCUT2D eigenvalue weighted by molar-refractivity contribution is -0.130. The summed E-state index contributed by atoms with van der Waals surface area (Å²) in [6.07, 6.45) is 4.93. The van der Waals surface area contributed by atoms with E-state index in [1.807, 2.05) is 0 Å². The van der Waals surface area contributed by atoms with Gasteiger partial charge in [-0.25, -0.2) is 0 Å². The predicted molar refractivity (Wildman–Crippen MR) is 94.1 cm³/mol. The third kappa shape index (κ3) is 3.95. The zero-order valence-corrected chi connectivity index (χ0v) is 14.5. The van der Waals surface area contributed by atoms with Crippen LogP contribution in [0.4, 0.5) is 0 Å². The van der Waals surface area contributed by atoms with Gasteiger partial charge in [0.2, 0.25) is 5.91 Å². The number of aryl methyl sites for hydroxylation is 1. The molecule has 0 radical (unpaired) electrons. The Morgan fingerprint density at radius 3 is 2.52 bits per heavy atom. The Kier molecular flexibility index (Phi) is 5.05. The second-order valence-corrected chi connectivity index (χ2v) is 7.88. The van der Waals surface area contributed by atoms with Gasteiger partial charge in [0.15, 0.2) is 0 Å². The number of nitrogens with two attached hydrogens (primary N) is 1. The summed E-state index contributed by atoms with van der Waals surface area (Å²) in [7, 11) is 0. The topological polar surface area (TPSA) is 46.3 Å². The van der Waals surface area contributed by atoms with E-state index >= 15 is 0 Å². The number of fused-ring (bicyclic) bond motifs is 1. The Balaban J connectivity index is 1.48. The van der Waals surface area contributed by atoms with Crippen LogP contribution in [0.15, 0.2) is 24.3 Å². The monoisotopic (exact) mass is 314 g/mol. The summed E-state index contributed by atoms with van der Waals surface area (Å²) in [4.78, 5) is 14.5. The fraction of sp³-hybridized carbons (Fsp3) is 0.650. The van der Waals surface area contributed by atoms with Crippen LogP contribution >= 0.6 is 0 Å². The zero-order valence-electron chi connectivity index (χ0n) is 14.5. The number of carbonyl (C=O) groups is 1. The van der Waals surface area contributed by atoms with Gasteiger partial charge in [0, 0.05) is 25.6 Å². The van der Waals surface area contributed by atoms with Crippen molar-refractivity contribution in [1.82, 2.24) is 4.90 Å². The Bertz CT molecular complexity index is 537. The van der Waals surface area contributed by atoms with E-state index in [4.69, 9.17) is 5.73 Å². The number of amides is 1. The van der Waals surface area contributed by atoms with Gasteiger partial charge in [0.1, 0.15) is 0 Å². The molecule has 3 heteroatoms. The fourth-order valence-corrected chi connectivity index (χ4v) is 4.23. The van der Waals surface area contributed by atoms with Crippen molar-refractivity contribution in [2.75, 3.05) is 13.1 Å². The minimum atomic E-state index is 0.304. The van der Waals surface area contributed by atoms with Crippen LogP contribution < -0.4 is 5.73 Å². The van der Waals surface area contributed by atoms with Crippen molar-refractivity contribution in [3.05, 3.63) is 35.4 Å². The van der Waals surface area contributed by atoms with Crippen LogP contribution in [-0.2, 0) is 17.6 Å². The third-order valence-electron chi connectivity index (χ3n) is 5.56. The molecule has 1 aliphatic heterocycles. The van der Waals surface area contributed by atoms with E-state index in [0.717, 1.165) is 32.4 Å². The second kappa shape index (κ2) is 7.04. The highest BCUT2D eigenvalue weighted by atomic mass is 16.2. The Labute approximate surface area is 140 Å². The lowest BCUT2D eigenvalue weighted by atomic mass is 9.98. The highest BCUT2D eigenvalue weighted by Gasteiger charge is 2.42. The average molecular weight is 314 g/mol. The summed E-state index contributed by atoms with van der Waals surface area (Å²) in [6.45, 7) is 6.30. The maximum absolute atomic E-state index is 12.5. The molecule has 1 saturated heterocycles. The molecule has 1 aromatic rings. The first-order valence-electron chi connectivity index (χ1n) is 9.14. The van der Waals surface area contributed by atoms with Crippen molar-refractivity contribution < 1.29 is 4.79 Å². The van der Waals surface area contributed by atoms with Gasteiger partial charge in [-0.3, -0.25) is 4.79 Å². The lowest BCUT2D eigenvalue weighted by Gasteiger charge is -2.18. The number of nitrogens with zero attached hydrogens (tertiary/aromatic N) is 1. The van der Waals surface area contributed by atoms with Crippen molar-refractivity contribution in [2.24, 2.45) is 23.5 Å². The summed E-state index contributed by atoms with van der Waals surface area (Å²) < 4.78 is 0. The maximum Gasteiger partial charge on any atom is 0.222 e. The first kappa shape index (κ1) is 16.5. The van der Waals surface area contributed by atoms with Crippen LogP contribution in [0.2, 0.25) is 0 Å². The van der Waals surface area contributed by atoms with E-state index in [-0.39, 0.29) is 0 Å². The Morgan fingerprint density at radius 1 is 1.17 bits per heavy atom. The summed E-state index contributed by atoms with van der Waals surface area (Å²) >= 11 is 0. The molecule has 126 valence electrons. The number of benzene rings is 1. The first-order valence-corrected chi connectivity index (χ1v) is 9.14. The molecule has 0 aromatic heterocycles. The van der Waals surface area contributed by atoms with Gasteiger partial charge in [0.25, 0.3) is 0 Å². The van der Waals surface area contributed by atoms with Crippen LogP contribution in [-0.4, -0.2) is 29.9 Å². The molecule has 3 atom stereocenters. The Hall–Kier alpha value is -1.35. The smallest absolute Gasteiger partial charge is 0.222 e. The minimum Gasteiger partial charge on any atom is -0.342 e. The van der Waals surface area contributed by atoms with E-state index < -0.39 is 0 Å². The number of carbonyl (C=O) groups excluding carboxylic acids is 1. The normalized spacial score (nSPS) is 26.8. The second-order valence-electron chi connectivity index (χ2n) is 7.88. The van der Waals surface area contributed by atoms with Crippen molar-refractivity contribution >= 4 is 5.91 Å². The zero-order chi connectivity index (χ0) is 16.4. The van der Waals surface area contributed by atoms with Gasteiger partial charge < -0.3 is 10.6 Å². The van der Waals surface area contributed by atoms with Gasteiger partial charge in [-0.2, -0.15) is 0 Å². The van der Waals surface area contributed by atoms with Gasteiger partial charge in [-0.1, -0.05) is 38.1 Å². The number of likely N-dealkylation sites (tertiary alicyclic amines) is 1. The van der Waals surface area contributed by atoms with Gasteiger partial charge in [-0.15, -0.1) is 0 Å². The molecule has 23 heavy (non-hydrogen) atoms. The molecule has 2 fully saturated rings. The molecule has 2 N–H and O–H groups in total. The molecule has 1 saturated carbocycles. The molecule has 0 spiro atoms. The van der Waals surface area contributed by atoms with Crippen LogP contribution in [0.5, 0.6) is 0 Å². The van der Waals surface area contributed by atoms with E-state index in [9.17, 15) is 4.79 Å². The first-order chi connectivity index (χ1) is 11.0. The molecular weight excluding hydrogens is 284 g/mol. The quantitative estimate of drug-likeness (QED) is 0.908. The van der Waals surface area contributed by atoms with Crippen molar-refractivity contribution in [1.29, 1.82) is 0 Å². The molecular formula is C20H30N2O. The maximum atomic E-state index is 12.5. The third-order valence-corrected chi connectivity index (χ3v) is 5.56. The number of hydrogen-bond donors (Lipinski definition) is 1. The van der Waals surface area contributed by atoms with Gasteiger partial charge in [-0.05, 0) is 54.6 Å². The molecule has 3 unspecified atom stereocenters. The minimum absolute atomic E-state index is 0.304. The standard InChI is InChI=1S/C20H30N2O/c1-14(2)11-16-5-3-15(4-6-16)7-10-20(23)22-12-17-8-9-19(21)18(17)13-22/h3-6,14,17-19H,7-13,21H2,1-2H3. The van der Waals surface area contributed by atoms with Crippen molar-refractivity contribution in [3.8, 4) is 0 Å². The Morgan fingerprint density at radius 2 is 1.87 bits per heavy atom. The molecule has 1 aliphatic carbocycles. The largest absolute Gasteiger partial charge is 0.342 e. The molecule has 2 aliphatic rings. The van der Waals surface area contributed by atoms with Gasteiger partial charge >= 0.3 is 0 Å². The van der Waals surface area contributed by atoms with Crippen LogP contribution in [0.1, 0.15) is 44.2 Å². The highest BCUT2D eigenvalue weighted by Crippen LogP contribution is 2.37. The van der Waals surface area contributed by atoms with Crippen LogP contribution in [0.25, 0.3) is 0 Å². The van der Waals surface area contributed by atoms with E-state index in [1.165, 1.54) is 17.5 Å². The van der Waals surface area contributed by atoms with Crippen molar-refractivity contribution in [3.63, 3.8) is 0 Å². The molecule has 3 nitrogen and oxygen atoms in total. The average Bonchev–Trinajstić information content (AvgIpc) is 3.08. The van der Waals surface area contributed by atoms with Crippen molar-refractivity contribution in [2.45, 2.75) is 52.0 Å². The number of hydrogen-bond acceptors (Lipinski definition) is 2.